The monoisotopic (exact) mass is 225 g/mol. The van der Waals surface area contributed by atoms with Crippen molar-refractivity contribution in [3.05, 3.63) is 28.0 Å². The number of piperazine rings is 1. The minimum atomic E-state index is -0.509. The van der Waals surface area contributed by atoms with Crippen LogP contribution in [0.5, 0.6) is 0 Å². The zero-order valence-electron chi connectivity index (χ0n) is 9.18. The molecule has 1 aromatic rings. The molecular weight excluding hydrogens is 210 g/mol. The Bertz CT molecular complexity index is 377. The Kier molecular flexibility index (Phi) is 3.21. The number of hydrogen-bond acceptors (Lipinski definition) is 5. The summed E-state index contributed by atoms with van der Waals surface area (Å²) >= 11 is 0. The third kappa shape index (κ3) is 2.40. The first kappa shape index (κ1) is 11.1. The summed E-state index contributed by atoms with van der Waals surface area (Å²) in [4.78, 5) is 12.2. The zero-order chi connectivity index (χ0) is 11.5. The summed E-state index contributed by atoms with van der Waals surface area (Å²) in [5.74, 6) is 0.471. The first-order chi connectivity index (χ1) is 7.66. The molecule has 1 atom stereocenters. The van der Waals surface area contributed by atoms with Gasteiger partial charge in [0, 0.05) is 25.7 Å². The molecule has 0 amide bonds. The van der Waals surface area contributed by atoms with Crippen molar-refractivity contribution in [2.45, 2.75) is 19.5 Å². The molecule has 1 fully saturated rings. The summed E-state index contributed by atoms with van der Waals surface area (Å²) in [6.45, 7) is 5.60. The van der Waals surface area contributed by atoms with E-state index in [-0.39, 0.29) is 5.88 Å². The van der Waals surface area contributed by atoms with Crippen LogP contribution in [0.2, 0.25) is 0 Å². The Balaban J connectivity index is 1.99. The zero-order valence-corrected chi connectivity index (χ0v) is 9.18. The van der Waals surface area contributed by atoms with E-state index in [1.165, 1.54) is 6.07 Å². The summed E-state index contributed by atoms with van der Waals surface area (Å²) in [6, 6.07) is 3.51. The lowest BCUT2D eigenvalue weighted by atomic mass is 10.2. The first-order valence-corrected chi connectivity index (χ1v) is 5.34. The van der Waals surface area contributed by atoms with Crippen LogP contribution in [-0.2, 0) is 6.54 Å². The van der Waals surface area contributed by atoms with Gasteiger partial charge in [-0.3, -0.25) is 15.0 Å². The Hall–Kier alpha value is -1.40. The predicted molar refractivity (Wildman–Crippen MR) is 58.1 cm³/mol. The van der Waals surface area contributed by atoms with E-state index >= 15 is 0 Å². The molecule has 0 radical (unpaired) electrons. The average Bonchev–Trinajstić information content (AvgIpc) is 2.70. The summed E-state index contributed by atoms with van der Waals surface area (Å²) in [5, 5.41) is 13.8. The lowest BCUT2D eigenvalue weighted by molar-refractivity contribution is -0.402. The van der Waals surface area contributed by atoms with E-state index in [2.05, 4.69) is 17.1 Å². The fourth-order valence-corrected chi connectivity index (χ4v) is 1.87. The molecule has 1 aromatic heterocycles. The molecule has 2 rings (SSSR count). The van der Waals surface area contributed by atoms with Gasteiger partial charge in [0.25, 0.3) is 0 Å². The summed E-state index contributed by atoms with van der Waals surface area (Å²) in [5.41, 5.74) is 0. The summed E-state index contributed by atoms with van der Waals surface area (Å²) in [6.07, 6.45) is 0. The molecule has 1 aliphatic heterocycles. The maximum Gasteiger partial charge on any atom is 0.433 e. The Labute approximate surface area is 93.4 Å². The maximum absolute atomic E-state index is 10.5. The van der Waals surface area contributed by atoms with Crippen LogP contribution < -0.4 is 5.32 Å². The number of nitro groups is 1. The average molecular weight is 225 g/mol. The SMILES string of the molecule is C[C@@H]1CNCCN1Cc1ccc([N+](=O)[O-])o1. The van der Waals surface area contributed by atoms with E-state index in [0.29, 0.717) is 18.3 Å². The van der Waals surface area contributed by atoms with Crippen molar-refractivity contribution >= 4 is 5.88 Å². The van der Waals surface area contributed by atoms with E-state index in [1.54, 1.807) is 6.07 Å². The smallest absolute Gasteiger partial charge is 0.404 e. The molecule has 16 heavy (non-hydrogen) atoms. The Morgan fingerprint density at radius 3 is 3.12 bits per heavy atom. The van der Waals surface area contributed by atoms with Gasteiger partial charge in [0.05, 0.1) is 12.6 Å². The van der Waals surface area contributed by atoms with Crippen LogP contribution >= 0.6 is 0 Å². The molecule has 0 aromatic carbocycles. The van der Waals surface area contributed by atoms with Gasteiger partial charge in [0.2, 0.25) is 0 Å². The third-order valence-electron chi connectivity index (χ3n) is 2.83. The van der Waals surface area contributed by atoms with Crippen molar-refractivity contribution in [1.82, 2.24) is 10.2 Å². The standard InChI is InChI=1S/C10H15N3O3/c1-8-6-11-4-5-12(8)7-9-2-3-10(16-9)13(14)15/h2-3,8,11H,4-7H2,1H3/t8-/m1/s1. The Morgan fingerprint density at radius 1 is 1.69 bits per heavy atom. The van der Waals surface area contributed by atoms with Crippen LogP contribution in [0.4, 0.5) is 5.88 Å². The maximum atomic E-state index is 10.5. The molecule has 6 heteroatoms. The molecule has 1 aliphatic rings. The highest BCUT2D eigenvalue weighted by atomic mass is 16.6. The highest BCUT2D eigenvalue weighted by Crippen LogP contribution is 2.18. The van der Waals surface area contributed by atoms with E-state index in [0.717, 1.165) is 19.6 Å². The number of hydrogen-bond donors (Lipinski definition) is 1. The van der Waals surface area contributed by atoms with Crippen LogP contribution in [0.15, 0.2) is 16.5 Å². The van der Waals surface area contributed by atoms with Crippen molar-refractivity contribution in [2.75, 3.05) is 19.6 Å². The van der Waals surface area contributed by atoms with Crippen LogP contribution in [0.3, 0.4) is 0 Å². The van der Waals surface area contributed by atoms with Gasteiger partial charge >= 0.3 is 5.88 Å². The molecule has 0 aliphatic carbocycles. The van der Waals surface area contributed by atoms with Gasteiger partial charge in [-0.15, -0.1) is 0 Å². The quantitative estimate of drug-likeness (QED) is 0.613. The molecule has 1 N–H and O–H groups in total. The van der Waals surface area contributed by atoms with Gasteiger partial charge in [0.1, 0.15) is 10.7 Å². The van der Waals surface area contributed by atoms with E-state index in [4.69, 9.17) is 4.42 Å². The molecule has 0 unspecified atom stereocenters. The second-order valence-corrected chi connectivity index (χ2v) is 4.02. The van der Waals surface area contributed by atoms with E-state index in [1.807, 2.05) is 0 Å². The van der Waals surface area contributed by atoms with Gasteiger partial charge in [0.15, 0.2) is 0 Å². The van der Waals surface area contributed by atoms with Crippen molar-refractivity contribution in [1.29, 1.82) is 0 Å². The fourth-order valence-electron chi connectivity index (χ4n) is 1.87. The summed E-state index contributed by atoms with van der Waals surface area (Å²) < 4.78 is 5.13. The molecule has 0 saturated carbocycles. The number of rotatable bonds is 3. The molecule has 6 nitrogen and oxygen atoms in total. The topological polar surface area (TPSA) is 71.5 Å². The normalized spacial score (nSPS) is 22.2. The van der Waals surface area contributed by atoms with Crippen LogP contribution in [0.1, 0.15) is 12.7 Å². The molecule has 2 heterocycles. The first-order valence-electron chi connectivity index (χ1n) is 5.34. The lowest BCUT2D eigenvalue weighted by Gasteiger charge is -2.32. The largest absolute Gasteiger partial charge is 0.433 e. The van der Waals surface area contributed by atoms with Gasteiger partial charge in [-0.25, -0.2) is 0 Å². The van der Waals surface area contributed by atoms with Crippen molar-refractivity contribution in [3.8, 4) is 0 Å². The lowest BCUT2D eigenvalue weighted by Crippen LogP contribution is -2.49. The van der Waals surface area contributed by atoms with Crippen LogP contribution in [0.25, 0.3) is 0 Å². The minimum absolute atomic E-state index is 0.183. The van der Waals surface area contributed by atoms with E-state index < -0.39 is 4.92 Å². The van der Waals surface area contributed by atoms with Crippen molar-refractivity contribution in [3.63, 3.8) is 0 Å². The molecule has 1 saturated heterocycles. The highest BCUT2D eigenvalue weighted by Gasteiger charge is 2.20. The predicted octanol–water partition coefficient (Wildman–Crippen LogP) is 0.981. The van der Waals surface area contributed by atoms with Crippen LogP contribution in [-0.4, -0.2) is 35.5 Å². The van der Waals surface area contributed by atoms with Gasteiger partial charge in [-0.2, -0.15) is 0 Å². The van der Waals surface area contributed by atoms with Gasteiger partial charge < -0.3 is 9.73 Å². The number of nitrogens with zero attached hydrogens (tertiary/aromatic N) is 2. The highest BCUT2D eigenvalue weighted by molar-refractivity contribution is 5.17. The van der Waals surface area contributed by atoms with Crippen molar-refractivity contribution < 1.29 is 9.34 Å². The van der Waals surface area contributed by atoms with Gasteiger partial charge in [-0.05, 0) is 13.0 Å². The Morgan fingerprint density at radius 2 is 2.50 bits per heavy atom. The van der Waals surface area contributed by atoms with Crippen molar-refractivity contribution in [2.24, 2.45) is 0 Å². The minimum Gasteiger partial charge on any atom is -0.404 e. The second-order valence-electron chi connectivity index (χ2n) is 4.02. The summed E-state index contributed by atoms with van der Waals surface area (Å²) in [7, 11) is 0. The van der Waals surface area contributed by atoms with E-state index in [9.17, 15) is 10.1 Å². The molecular formula is C10H15N3O3. The molecule has 0 bridgehead atoms. The van der Waals surface area contributed by atoms with Crippen LogP contribution in [0, 0.1) is 10.1 Å². The van der Waals surface area contributed by atoms with Gasteiger partial charge in [-0.1, -0.05) is 0 Å². The third-order valence-corrected chi connectivity index (χ3v) is 2.83. The molecule has 88 valence electrons. The number of nitrogens with one attached hydrogen (secondary N) is 1. The second kappa shape index (κ2) is 4.63. The number of furan rings is 1. The molecule has 0 spiro atoms. The fraction of sp³-hybridized carbons (Fsp3) is 0.600.